The fourth-order valence-electron chi connectivity index (χ4n) is 1.25. The Morgan fingerprint density at radius 2 is 2.41 bits per heavy atom. The third-order valence-corrected chi connectivity index (χ3v) is 3.89. The van der Waals surface area contributed by atoms with Crippen LogP contribution in [0.1, 0.15) is 12.6 Å². The number of nitrogens with one attached hydrogen (secondary N) is 1. The molecule has 0 fully saturated rings. The third kappa shape index (κ3) is 3.36. The highest BCUT2D eigenvalue weighted by molar-refractivity contribution is 7.20. The maximum absolute atomic E-state index is 11.4. The standard InChI is InChI=1S/C11H12N2O2S2/c1-2-15-13-10(14)6-8-7-17-11(12-8)9-4-3-5-16-9/h3-5,7H,2,6H2,1H3,(H,13,14). The monoisotopic (exact) mass is 268 g/mol. The fourth-order valence-corrected chi connectivity index (χ4v) is 2.89. The van der Waals surface area contributed by atoms with E-state index in [1.54, 1.807) is 22.7 Å². The van der Waals surface area contributed by atoms with Crippen LogP contribution in [-0.4, -0.2) is 17.5 Å². The van der Waals surface area contributed by atoms with Crippen molar-refractivity contribution in [1.29, 1.82) is 0 Å². The van der Waals surface area contributed by atoms with E-state index in [2.05, 4.69) is 10.5 Å². The van der Waals surface area contributed by atoms with Crippen LogP contribution in [0.2, 0.25) is 0 Å². The van der Waals surface area contributed by atoms with Crippen LogP contribution >= 0.6 is 22.7 Å². The van der Waals surface area contributed by atoms with Crippen LogP contribution in [0.4, 0.5) is 0 Å². The maximum atomic E-state index is 11.4. The lowest BCUT2D eigenvalue weighted by Crippen LogP contribution is -2.25. The molecule has 2 aromatic heterocycles. The SMILES string of the molecule is CCONC(=O)Cc1csc(-c2cccs2)n1. The lowest BCUT2D eigenvalue weighted by Gasteiger charge is -2.00. The molecule has 0 aliphatic heterocycles. The molecule has 0 bridgehead atoms. The Balaban J connectivity index is 1.97. The largest absolute Gasteiger partial charge is 0.274 e. The molecule has 90 valence electrons. The van der Waals surface area contributed by atoms with Gasteiger partial charge in [0.05, 0.1) is 23.6 Å². The molecule has 0 unspecified atom stereocenters. The quantitative estimate of drug-likeness (QED) is 0.848. The molecular formula is C11H12N2O2S2. The van der Waals surface area contributed by atoms with E-state index in [1.807, 2.05) is 29.8 Å². The van der Waals surface area contributed by atoms with Crippen molar-refractivity contribution in [1.82, 2.24) is 10.5 Å². The summed E-state index contributed by atoms with van der Waals surface area (Å²) in [5.74, 6) is -0.171. The summed E-state index contributed by atoms with van der Waals surface area (Å²) < 4.78 is 0. The Morgan fingerprint density at radius 3 is 3.12 bits per heavy atom. The second-order valence-electron chi connectivity index (χ2n) is 3.26. The highest BCUT2D eigenvalue weighted by Gasteiger charge is 2.09. The summed E-state index contributed by atoms with van der Waals surface area (Å²) >= 11 is 3.20. The van der Waals surface area contributed by atoms with E-state index in [0.717, 1.165) is 15.6 Å². The van der Waals surface area contributed by atoms with E-state index in [4.69, 9.17) is 4.84 Å². The number of thiazole rings is 1. The van der Waals surface area contributed by atoms with Crippen molar-refractivity contribution in [3.8, 4) is 9.88 Å². The zero-order chi connectivity index (χ0) is 12.1. The van der Waals surface area contributed by atoms with Gasteiger partial charge in [-0.2, -0.15) is 0 Å². The van der Waals surface area contributed by atoms with Gasteiger partial charge in [0.25, 0.3) is 0 Å². The minimum absolute atomic E-state index is 0.171. The van der Waals surface area contributed by atoms with Gasteiger partial charge in [-0.1, -0.05) is 6.07 Å². The molecular weight excluding hydrogens is 256 g/mol. The van der Waals surface area contributed by atoms with E-state index in [-0.39, 0.29) is 12.3 Å². The molecule has 17 heavy (non-hydrogen) atoms. The summed E-state index contributed by atoms with van der Waals surface area (Å²) in [5.41, 5.74) is 3.13. The Labute approximate surface area is 107 Å². The number of nitrogens with zero attached hydrogens (tertiary/aromatic N) is 1. The Bertz CT molecular complexity index is 479. The van der Waals surface area contributed by atoms with Crippen molar-refractivity contribution in [3.63, 3.8) is 0 Å². The van der Waals surface area contributed by atoms with Crippen LogP contribution < -0.4 is 5.48 Å². The van der Waals surface area contributed by atoms with Gasteiger partial charge in [0.15, 0.2) is 0 Å². The second-order valence-corrected chi connectivity index (χ2v) is 5.06. The first-order valence-corrected chi connectivity index (χ1v) is 6.94. The maximum Gasteiger partial charge on any atom is 0.249 e. The highest BCUT2D eigenvalue weighted by atomic mass is 32.1. The van der Waals surface area contributed by atoms with Gasteiger partial charge in [-0.15, -0.1) is 22.7 Å². The molecule has 1 amide bonds. The van der Waals surface area contributed by atoms with Gasteiger partial charge in [0.2, 0.25) is 5.91 Å². The molecule has 0 radical (unpaired) electrons. The number of hydroxylamine groups is 1. The van der Waals surface area contributed by atoms with Crippen LogP contribution in [-0.2, 0) is 16.1 Å². The first-order chi connectivity index (χ1) is 8.29. The first kappa shape index (κ1) is 12.2. The van der Waals surface area contributed by atoms with Crippen molar-refractivity contribution in [3.05, 3.63) is 28.6 Å². The van der Waals surface area contributed by atoms with Crippen LogP contribution in [0.3, 0.4) is 0 Å². The summed E-state index contributed by atoms with van der Waals surface area (Å²) in [6.07, 6.45) is 0.252. The molecule has 0 aliphatic rings. The van der Waals surface area contributed by atoms with Crippen LogP contribution in [0.15, 0.2) is 22.9 Å². The van der Waals surface area contributed by atoms with Crippen molar-refractivity contribution >= 4 is 28.6 Å². The third-order valence-electron chi connectivity index (χ3n) is 1.96. The number of rotatable bonds is 5. The van der Waals surface area contributed by atoms with E-state index < -0.39 is 0 Å². The molecule has 0 atom stereocenters. The molecule has 2 heterocycles. The molecule has 0 aromatic carbocycles. The molecule has 1 N–H and O–H groups in total. The number of aromatic nitrogens is 1. The number of amides is 1. The average Bonchev–Trinajstić information content (AvgIpc) is 2.95. The molecule has 6 heteroatoms. The molecule has 0 saturated heterocycles. The summed E-state index contributed by atoms with van der Waals surface area (Å²) in [4.78, 5) is 21.8. The molecule has 2 aromatic rings. The highest BCUT2D eigenvalue weighted by Crippen LogP contribution is 2.27. The van der Waals surface area contributed by atoms with Crippen LogP contribution in [0.25, 0.3) is 9.88 Å². The van der Waals surface area contributed by atoms with E-state index in [9.17, 15) is 4.79 Å². The summed E-state index contributed by atoms with van der Waals surface area (Å²) in [6, 6.07) is 4.01. The average molecular weight is 268 g/mol. The Kier molecular flexibility index (Phi) is 4.24. The van der Waals surface area contributed by atoms with Gasteiger partial charge in [-0.25, -0.2) is 10.5 Å². The van der Waals surface area contributed by atoms with Gasteiger partial charge in [0.1, 0.15) is 5.01 Å². The Morgan fingerprint density at radius 1 is 1.53 bits per heavy atom. The second kappa shape index (κ2) is 5.90. The lowest BCUT2D eigenvalue weighted by atomic mass is 10.3. The zero-order valence-corrected chi connectivity index (χ0v) is 10.9. The van der Waals surface area contributed by atoms with Gasteiger partial charge < -0.3 is 0 Å². The predicted molar refractivity (Wildman–Crippen MR) is 68.9 cm³/mol. The number of hydrogen-bond acceptors (Lipinski definition) is 5. The number of carbonyl (C=O) groups excluding carboxylic acids is 1. The lowest BCUT2D eigenvalue weighted by molar-refractivity contribution is -0.132. The van der Waals surface area contributed by atoms with E-state index in [0.29, 0.717) is 6.61 Å². The summed E-state index contributed by atoms with van der Waals surface area (Å²) in [7, 11) is 0. The first-order valence-electron chi connectivity index (χ1n) is 5.18. The summed E-state index contributed by atoms with van der Waals surface area (Å²) in [5, 5.41) is 4.87. The van der Waals surface area contributed by atoms with Gasteiger partial charge in [0, 0.05) is 5.38 Å². The van der Waals surface area contributed by atoms with E-state index >= 15 is 0 Å². The van der Waals surface area contributed by atoms with Gasteiger partial charge in [-0.05, 0) is 18.4 Å². The minimum Gasteiger partial charge on any atom is -0.274 e. The smallest absolute Gasteiger partial charge is 0.249 e. The number of thiophene rings is 1. The predicted octanol–water partition coefficient (Wildman–Crippen LogP) is 2.48. The van der Waals surface area contributed by atoms with Crippen molar-refractivity contribution in [2.45, 2.75) is 13.3 Å². The van der Waals surface area contributed by atoms with E-state index in [1.165, 1.54) is 0 Å². The molecule has 0 spiro atoms. The normalized spacial score (nSPS) is 10.4. The van der Waals surface area contributed by atoms with Crippen molar-refractivity contribution in [2.75, 3.05) is 6.61 Å². The minimum atomic E-state index is -0.171. The molecule has 4 nitrogen and oxygen atoms in total. The van der Waals surface area contributed by atoms with Crippen LogP contribution in [0.5, 0.6) is 0 Å². The fraction of sp³-hybridized carbons (Fsp3) is 0.273. The van der Waals surface area contributed by atoms with Gasteiger partial charge >= 0.3 is 0 Å². The Hall–Kier alpha value is -1.24. The zero-order valence-electron chi connectivity index (χ0n) is 9.30. The molecule has 2 rings (SSSR count). The number of carbonyl (C=O) groups is 1. The van der Waals surface area contributed by atoms with Gasteiger partial charge in [-0.3, -0.25) is 9.63 Å². The summed E-state index contributed by atoms with van der Waals surface area (Å²) in [6.45, 7) is 2.28. The van der Waals surface area contributed by atoms with Crippen LogP contribution in [0, 0.1) is 0 Å². The topological polar surface area (TPSA) is 51.2 Å². The number of hydrogen-bond donors (Lipinski definition) is 1. The molecule has 0 saturated carbocycles. The van der Waals surface area contributed by atoms with Crippen molar-refractivity contribution in [2.24, 2.45) is 0 Å². The van der Waals surface area contributed by atoms with Crippen molar-refractivity contribution < 1.29 is 9.63 Å². The molecule has 0 aliphatic carbocycles.